The van der Waals surface area contributed by atoms with E-state index in [1.54, 1.807) is 0 Å². The molecular formula is C18H23NO. The summed E-state index contributed by atoms with van der Waals surface area (Å²) in [5.41, 5.74) is 3.34. The van der Waals surface area contributed by atoms with Gasteiger partial charge in [-0.2, -0.15) is 0 Å². The molecule has 1 aromatic carbocycles. The number of ketones is 1. The van der Waals surface area contributed by atoms with E-state index in [4.69, 9.17) is 0 Å². The minimum Gasteiger partial charge on any atom is -0.360 e. The van der Waals surface area contributed by atoms with E-state index < -0.39 is 0 Å². The van der Waals surface area contributed by atoms with Gasteiger partial charge in [0.2, 0.25) is 0 Å². The lowest BCUT2D eigenvalue weighted by atomic mass is 9.90. The number of aryl methyl sites for hydroxylation is 1. The summed E-state index contributed by atoms with van der Waals surface area (Å²) < 4.78 is 0. The SMILES string of the molecule is CCc1cccc2c(C(=O)C3CCCCCC3)c[nH]c12. The molecule has 1 fully saturated rings. The van der Waals surface area contributed by atoms with Gasteiger partial charge in [0.15, 0.2) is 5.78 Å². The molecular weight excluding hydrogens is 246 g/mol. The van der Waals surface area contributed by atoms with Crippen LogP contribution in [0.2, 0.25) is 0 Å². The number of benzene rings is 1. The summed E-state index contributed by atoms with van der Waals surface area (Å²) in [7, 11) is 0. The van der Waals surface area contributed by atoms with Crippen LogP contribution in [0.1, 0.15) is 61.4 Å². The number of carbonyl (C=O) groups is 1. The molecule has 1 saturated carbocycles. The lowest BCUT2D eigenvalue weighted by Gasteiger charge is -2.12. The minimum absolute atomic E-state index is 0.238. The monoisotopic (exact) mass is 269 g/mol. The van der Waals surface area contributed by atoms with Gasteiger partial charge in [0, 0.05) is 28.6 Å². The van der Waals surface area contributed by atoms with Crippen LogP contribution >= 0.6 is 0 Å². The summed E-state index contributed by atoms with van der Waals surface area (Å²) in [5, 5.41) is 1.11. The van der Waals surface area contributed by atoms with Crippen molar-refractivity contribution < 1.29 is 4.79 Å². The molecule has 3 rings (SSSR count). The maximum Gasteiger partial charge on any atom is 0.168 e. The molecule has 0 bridgehead atoms. The molecule has 0 unspecified atom stereocenters. The van der Waals surface area contributed by atoms with E-state index in [0.29, 0.717) is 5.78 Å². The fraction of sp³-hybridized carbons (Fsp3) is 0.500. The largest absolute Gasteiger partial charge is 0.360 e. The van der Waals surface area contributed by atoms with Crippen LogP contribution in [0.15, 0.2) is 24.4 Å². The Kier molecular flexibility index (Phi) is 3.90. The highest BCUT2D eigenvalue weighted by molar-refractivity contribution is 6.09. The van der Waals surface area contributed by atoms with Gasteiger partial charge in [-0.3, -0.25) is 4.79 Å². The molecule has 106 valence electrons. The Morgan fingerprint density at radius 1 is 1.20 bits per heavy atom. The van der Waals surface area contributed by atoms with Gasteiger partial charge in [-0.15, -0.1) is 0 Å². The highest BCUT2D eigenvalue weighted by Gasteiger charge is 2.23. The zero-order valence-electron chi connectivity index (χ0n) is 12.2. The standard InChI is InChI=1S/C18H23NO/c1-2-13-10-7-11-15-16(12-19-17(13)15)18(20)14-8-5-3-4-6-9-14/h7,10-12,14,19H,2-6,8-9H2,1H3. The molecule has 0 aliphatic heterocycles. The number of hydrogen-bond donors (Lipinski definition) is 1. The first-order valence-corrected chi connectivity index (χ1v) is 7.94. The van der Waals surface area contributed by atoms with Crippen LogP contribution in [-0.2, 0) is 6.42 Å². The van der Waals surface area contributed by atoms with Gasteiger partial charge in [0.25, 0.3) is 0 Å². The predicted molar refractivity (Wildman–Crippen MR) is 83.2 cm³/mol. The second kappa shape index (κ2) is 5.82. The third kappa shape index (κ3) is 2.39. The van der Waals surface area contributed by atoms with E-state index in [9.17, 15) is 4.79 Å². The van der Waals surface area contributed by atoms with E-state index in [1.807, 2.05) is 6.20 Å². The summed E-state index contributed by atoms with van der Waals surface area (Å²) >= 11 is 0. The van der Waals surface area contributed by atoms with Crippen LogP contribution in [0.4, 0.5) is 0 Å². The van der Waals surface area contributed by atoms with E-state index >= 15 is 0 Å². The molecule has 20 heavy (non-hydrogen) atoms. The van der Waals surface area contributed by atoms with E-state index in [2.05, 4.69) is 30.1 Å². The fourth-order valence-electron chi connectivity index (χ4n) is 3.48. The lowest BCUT2D eigenvalue weighted by Crippen LogP contribution is -2.13. The molecule has 1 aliphatic carbocycles. The summed E-state index contributed by atoms with van der Waals surface area (Å²) in [5.74, 6) is 0.591. The van der Waals surface area contributed by atoms with Crippen molar-refractivity contribution in [3.63, 3.8) is 0 Å². The third-order valence-corrected chi connectivity index (χ3v) is 4.67. The molecule has 0 saturated heterocycles. The maximum atomic E-state index is 12.8. The Balaban J connectivity index is 1.95. The molecule has 1 aromatic heterocycles. The number of carbonyl (C=O) groups excluding carboxylic acids is 1. The smallest absolute Gasteiger partial charge is 0.168 e. The van der Waals surface area contributed by atoms with Crippen LogP contribution in [0.5, 0.6) is 0 Å². The van der Waals surface area contributed by atoms with E-state index in [-0.39, 0.29) is 5.92 Å². The molecule has 0 radical (unpaired) electrons. The Bertz CT molecular complexity index is 603. The quantitative estimate of drug-likeness (QED) is 0.625. The molecule has 0 atom stereocenters. The third-order valence-electron chi connectivity index (χ3n) is 4.67. The highest BCUT2D eigenvalue weighted by atomic mass is 16.1. The van der Waals surface area contributed by atoms with E-state index in [0.717, 1.165) is 35.7 Å². The van der Waals surface area contributed by atoms with Crippen molar-refractivity contribution in [1.82, 2.24) is 4.98 Å². The lowest BCUT2D eigenvalue weighted by molar-refractivity contribution is 0.0909. The second-order valence-corrected chi connectivity index (χ2v) is 5.95. The minimum atomic E-state index is 0.238. The van der Waals surface area contributed by atoms with Gasteiger partial charge in [0.1, 0.15) is 0 Å². The Labute approximate surface area is 120 Å². The molecule has 2 nitrogen and oxygen atoms in total. The number of fused-ring (bicyclic) bond motifs is 1. The zero-order chi connectivity index (χ0) is 13.9. The van der Waals surface area contributed by atoms with Crippen LogP contribution in [0.25, 0.3) is 10.9 Å². The second-order valence-electron chi connectivity index (χ2n) is 5.95. The van der Waals surface area contributed by atoms with Crippen LogP contribution in [-0.4, -0.2) is 10.8 Å². The molecule has 2 heteroatoms. The van der Waals surface area contributed by atoms with Crippen molar-refractivity contribution >= 4 is 16.7 Å². The predicted octanol–water partition coefficient (Wildman–Crippen LogP) is 4.88. The maximum absolute atomic E-state index is 12.8. The molecule has 0 amide bonds. The molecule has 1 aliphatic rings. The number of aromatic amines is 1. The highest BCUT2D eigenvalue weighted by Crippen LogP contribution is 2.30. The average molecular weight is 269 g/mol. The first kappa shape index (κ1) is 13.4. The van der Waals surface area contributed by atoms with Crippen molar-refractivity contribution in [2.75, 3.05) is 0 Å². The molecule has 1 N–H and O–H groups in total. The summed E-state index contributed by atoms with van der Waals surface area (Å²) in [6.45, 7) is 2.16. The summed E-state index contributed by atoms with van der Waals surface area (Å²) in [6.07, 6.45) is 10.1. The van der Waals surface area contributed by atoms with Gasteiger partial charge < -0.3 is 4.98 Å². The number of hydrogen-bond acceptors (Lipinski definition) is 1. The number of para-hydroxylation sites is 1. The van der Waals surface area contributed by atoms with Crippen molar-refractivity contribution in [3.05, 3.63) is 35.5 Å². The Morgan fingerprint density at radius 3 is 2.65 bits per heavy atom. The van der Waals surface area contributed by atoms with Crippen LogP contribution < -0.4 is 0 Å². The van der Waals surface area contributed by atoms with Gasteiger partial charge in [-0.25, -0.2) is 0 Å². The molecule has 1 heterocycles. The van der Waals surface area contributed by atoms with Crippen molar-refractivity contribution in [2.45, 2.75) is 51.9 Å². The number of H-pyrrole nitrogens is 1. The number of nitrogens with one attached hydrogen (secondary N) is 1. The van der Waals surface area contributed by atoms with Crippen LogP contribution in [0.3, 0.4) is 0 Å². The normalized spacial score (nSPS) is 17.2. The fourth-order valence-corrected chi connectivity index (χ4v) is 3.48. The van der Waals surface area contributed by atoms with E-state index in [1.165, 1.54) is 31.2 Å². The van der Waals surface area contributed by atoms with Crippen LogP contribution in [0, 0.1) is 5.92 Å². The topological polar surface area (TPSA) is 32.9 Å². The summed E-state index contributed by atoms with van der Waals surface area (Å²) in [4.78, 5) is 16.1. The van der Waals surface area contributed by atoms with Gasteiger partial charge in [0.05, 0.1) is 0 Å². The van der Waals surface area contributed by atoms with Crippen molar-refractivity contribution in [1.29, 1.82) is 0 Å². The van der Waals surface area contributed by atoms with Gasteiger partial charge in [-0.05, 0) is 24.8 Å². The zero-order valence-corrected chi connectivity index (χ0v) is 12.2. The van der Waals surface area contributed by atoms with Crippen molar-refractivity contribution in [2.24, 2.45) is 5.92 Å². The van der Waals surface area contributed by atoms with Gasteiger partial charge >= 0.3 is 0 Å². The van der Waals surface area contributed by atoms with Gasteiger partial charge in [-0.1, -0.05) is 50.8 Å². The first-order chi connectivity index (χ1) is 9.81. The molecule has 2 aromatic rings. The number of aromatic nitrogens is 1. The Morgan fingerprint density at radius 2 is 1.95 bits per heavy atom. The molecule has 0 spiro atoms. The van der Waals surface area contributed by atoms with Crippen molar-refractivity contribution in [3.8, 4) is 0 Å². The number of Topliss-reactive ketones (excluding diaryl/α,β-unsaturated/α-hetero) is 1. The summed E-state index contributed by atoms with van der Waals surface area (Å²) in [6, 6.07) is 6.28. The average Bonchev–Trinajstić information content (AvgIpc) is 2.72. The Hall–Kier alpha value is -1.57. The number of rotatable bonds is 3. The first-order valence-electron chi connectivity index (χ1n) is 7.94.